The van der Waals surface area contributed by atoms with E-state index in [2.05, 4.69) is 63.1 Å². The molecule has 3 heteroatoms. The maximum absolute atomic E-state index is 5.87. The summed E-state index contributed by atoms with van der Waals surface area (Å²) in [6.07, 6.45) is 1.18. The lowest BCUT2D eigenvalue weighted by Gasteiger charge is -2.39. The molecule has 1 unspecified atom stereocenters. The molecule has 0 N–H and O–H groups in total. The molecule has 0 aromatic heterocycles. The van der Waals surface area contributed by atoms with Gasteiger partial charge in [0.25, 0.3) is 0 Å². The fourth-order valence-electron chi connectivity index (χ4n) is 2.59. The molecular weight excluding hydrogens is 240 g/mol. The summed E-state index contributed by atoms with van der Waals surface area (Å²) in [7, 11) is -0.859. The largest absolute Gasteiger partial charge is 0.420 e. The van der Waals surface area contributed by atoms with E-state index >= 15 is 0 Å². The molecular formula is C14H26OSi2. The third-order valence-electron chi connectivity index (χ3n) is 3.69. The van der Waals surface area contributed by atoms with Crippen LogP contribution in [-0.4, -0.2) is 23.5 Å². The Bertz CT molecular complexity index is 341. The molecule has 0 bridgehead atoms. The molecule has 0 aliphatic rings. The predicted octanol–water partition coefficient (Wildman–Crippen LogP) is 4.33. The van der Waals surface area contributed by atoms with Gasteiger partial charge in [0.2, 0.25) is 0 Å². The molecule has 0 spiro atoms. The molecule has 0 aliphatic carbocycles. The van der Waals surface area contributed by atoms with Crippen molar-refractivity contribution in [3.8, 4) is 0 Å². The highest BCUT2D eigenvalue weighted by atomic mass is 28.4. The first-order valence-corrected chi connectivity index (χ1v) is 12.9. The Morgan fingerprint density at radius 2 is 1.53 bits per heavy atom. The van der Waals surface area contributed by atoms with Crippen LogP contribution >= 0.6 is 0 Å². The van der Waals surface area contributed by atoms with E-state index in [0.29, 0.717) is 0 Å². The highest BCUT2D eigenvalue weighted by Crippen LogP contribution is 2.35. The van der Waals surface area contributed by atoms with Crippen LogP contribution in [0.25, 0.3) is 0 Å². The summed E-state index contributed by atoms with van der Waals surface area (Å²) >= 11 is 0. The second kappa shape index (κ2) is 5.50. The van der Waals surface area contributed by atoms with Crippen molar-refractivity contribution >= 4 is 16.4 Å². The Morgan fingerprint density at radius 1 is 1.00 bits per heavy atom. The third kappa shape index (κ3) is 4.09. The van der Waals surface area contributed by atoms with Crippen molar-refractivity contribution in [3.63, 3.8) is 0 Å². The molecule has 17 heavy (non-hydrogen) atoms. The highest BCUT2D eigenvalue weighted by Gasteiger charge is 2.41. The Kier molecular flexibility index (Phi) is 4.75. The van der Waals surface area contributed by atoms with Gasteiger partial charge in [0, 0.05) is 15.2 Å². The molecule has 0 fully saturated rings. The summed E-state index contributed by atoms with van der Waals surface area (Å²) < 4.78 is 5.87. The molecule has 1 aromatic carbocycles. The van der Waals surface area contributed by atoms with Gasteiger partial charge in [-0.05, 0) is 30.2 Å². The van der Waals surface area contributed by atoms with E-state index in [4.69, 9.17) is 4.43 Å². The van der Waals surface area contributed by atoms with Crippen molar-refractivity contribution in [3.05, 3.63) is 35.9 Å². The van der Waals surface area contributed by atoms with E-state index in [9.17, 15) is 0 Å². The van der Waals surface area contributed by atoms with Crippen molar-refractivity contribution in [1.82, 2.24) is 0 Å². The second-order valence-corrected chi connectivity index (χ2v) is 16.7. The van der Waals surface area contributed by atoms with E-state index in [1.807, 2.05) is 7.11 Å². The molecule has 0 heterocycles. The zero-order valence-corrected chi connectivity index (χ0v) is 14.1. The minimum atomic E-state index is -1.56. The molecule has 0 saturated carbocycles. The summed E-state index contributed by atoms with van der Waals surface area (Å²) in [6.45, 7) is 12.1. The van der Waals surface area contributed by atoms with Gasteiger partial charge in [-0.3, -0.25) is 0 Å². The van der Waals surface area contributed by atoms with Crippen molar-refractivity contribution in [2.45, 2.75) is 44.3 Å². The van der Waals surface area contributed by atoms with Crippen LogP contribution in [0, 0.1) is 0 Å². The second-order valence-electron chi connectivity index (χ2n) is 6.42. The van der Waals surface area contributed by atoms with E-state index < -0.39 is 16.4 Å². The third-order valence-corrected chi connectivity index (χ3v) is 13.6. The van der Waals surface area contributed by atoms with Crippen molar-refractivity contribution in [2.75, 3.05) is 7.11 Å². The number of hydrogen-bond donors (Lipinski definition) is 0. The summed E-state index contributed by atoms with van der Waals surface area (Å²) in [5.41, 5.74) is 1.46. The van der Waals surface area contributed by atoms with Crippen LogP contribution in [0.5, 0.6) is 0 Å². The van der Waals surface area contributed by atoms with Crippen LogP contribution in [0.3, 0.4) is 0 Å². The van der Waals surface area contributed by atoms with Crippen molar-refractivity contribution in [1.29, 1.82) is 0 Å². The van der Waals surface area contributed by atoms with E-state index in [1.54, 1.807) is 0 Å². The van der Waals surface area contributed by atoms with E-state index in [-0.39, 0.29) is 0 Å². The van der Waals surface area contributed by atoms with Gasteiger partial charge in [0.15, 0.2) is 8.32 Å². The first-order chi connectivity index (χ1) is 7.77. The van der Waals surface area contributed by atoms with Crippen molar-refractivity contribution < 1.29 is 4.43 Å². The Hall–Kier alpha value is -0.386. The first-order valence-electron chi connectivity index (χ1n) is 6.36. The summed E-state index contributed by atoms with van der Waals surface area (Å²) in [5.74, 6) is 0. The number of hydrogen-bond acceptors (Lipinski definition) is 1. The molecule has 1 aromatic rings. The van der Waals surface area contributed by atoms with Crippen LogP contribution < -0.4 is 0 Å². The summed E-state index contributed by atoms with van der Waals surface area (Å²) in [6, 6.07) is 10.8. The lowest BCUT2D eigenvalue weighted by molar-refractivity contribution is 0.398. The maximum Gasteiger partial charge on any atom is 0.187 e. The quantitative estimate of drug-likeness (QED) is 0.721. The van der Waals surface area contributed by atoms with Crippen LogP contribution in [0.4, 0.5) is 0 Å². The minimum absolute atomic E-state index is 0.766. The monoisotopic (exact) mass is 266 g/mol. The van der Waals surface area contributed by atoms with Gasteiger partial charge in [0.1, 0.15) is 0 Å². The Labute approximate surface area is 108 Å². The Balaban J connectivity index is 2.94. The molecule has 1 atom stereocenters. The highest BCUT2D eigenvalue weighted by molar-refractivity contribution is 6.94. The van der Waals surface area contributed by atoms with E-state index in [1.165, 1.54) is 12.0 Å². The normalized spacial score (nSPS) is 14.7. The summed E-state index contributed by atoms with van der Waals surface area (Å²) in [4.78, 5) is 0. The molecule has 1 rings (SSSR count). The molecule has 0 amide bonds. The fraction of sp³-hybridized carbons (Fsp3) is 0.571. The van der Waals surface area contributed by atoms with Crippen molar-refractivity contribution in [2.24, 2.45) is 0 Å². The van der Waals surface area contributed by atoms with Crippen LogP contribution in [0.1, 0.15) is 5.56 Å². The molecule has 0 saturated heterocycles. The van der Waals surface area contributed by atoms with Crippen LogP contribution in [0.15, 0.2) is 30.3 Å². The Morgan fingerprint density at radius 3 is 1.94 bits per heavy atom. The van der Waals surface area contributed by atoms with Gasteiger partial charge in [0.05, 0.1) is 0 Å². The molecule has 96 valence electrons. The topological polar surface area (TPSA) is 9.23 Å². The van der Waals surface area contributed by atoms with Gasteiger partial charge >= 0.3 is 0 Å². The average molecular weight is 267 g/mol. The molecule has 0 aliphatic heterocycles. The van der Waals surface area contributed by atoms with Gasteiger partial charge in [-0.2, -0.15) is 0 Å². The SMILES string of the molecule is CO[Si](C)(C)C(Cc1ccccc1)[Si](C)(C)C. The van der Waals surface area contributed by atoms with Crippen LogP contribution in [-0.2, 0) is 10.8 Å². The zero-order valence-electron chi connectivity index (χ0n) is 12.1. The van der Waals surface area contributed by atoms with Gasteiger partial charge in [-0.15, -0.1) is 0 Å². The fourth-order valence-corrected chi connectivity index (χ4v) is 13.1. The predicted molar refractivity (Wildman–Crippen MR) is 81.7 cm³/mol. The molecule has 0 radical (unpaired) electrons. The van der Waals surface area contributed by atoms with Gasteiger partial charge < -0.3 is 4.43 Å². The van der Waals surface area contributed by atoms with E-state index in [0.717, 1.165) is 5.16 Å². The lowest BCUT2D eigenvalue weighted by Crippen LogP contribution is -2.48. The van der Waals surface area contributed by atoms with Crippen LogP contribution in [0.2, 0.25) is 37.9 Å². The first kappa shape index (κ1) is 14.7. The minimum Gasteiger partial charge on any atom is -0.420 e. The zero-order chi connectivity index (χ0) is 13.1. The molecule has 1 nitrogen and oxygen atoms in total. The number of rotatable bonds is 5. The smallest absolute Gasteiger partial charge is 0.187 e. The number of benzene rings is 1. The van der Waals surface area contributed by atoms with Gasteiger partial charge in [-0.1, -0.05) is 50.0 Å². The average Bonchev–Trinajstić information content (AvgIpc) is 2.25. The standard InChI is InChI=1S/C14H26OSi2/c1-15-17(5,6)14(16(2,3)4)12-13-10-8-7-9-11-13/h7-11,14H,12H2,1-6H3. The maximum atomic E-state index is 5.87. The van der Waals surface area contributed by atoms with Gasteiger partial charge in [-0.25, -0.2) is 0 Å². The summed E-state index contributed by atoms with van der Waals surface area (Å²) in [5, 5.41) is 0.766. The lowest BCUT2D eigenvalue weighted by atomic mass is 10.2.